The predicted octanol–water partition coefficient (Wildman–Crippen LogP) is 3.95. The number of methoxy groups -OCH3 is 1. The van der Waals surface area contributed by atoms with Gasteiger partial charge in [-0.25, -0.2) is 4.98 Å². The molecule has 0 amide bonds. The third-order valence-electron chi connectivity index (χ3n) is 3.27. The van der Waals surface area contributed by atoms with Gasteiger partial charge in [-0.2, -0.15) is 0 Å². The molecule has 0 radical (unpaired) electrons. The second-order valence-corrected chi connectivity index (χ2v) is 6.39. The van der Waals surface area contributed by atoms with E-state index in [1.165, 1.54) is 0 Å². The van der Waals surface area contributed by atoms with E-state index in [0.29, 0.717) is 24.1 Å². The SMILES string of the molecule is C=CCOc1ccc(OC)cc1CCNC(=S)Nc1ccc(Br)cn1. The van der Waals surface area contributed by atoms with Gasteiger partial charge in [-0.15, -0.1) is 0 Å². The molecule has 0 atom stereocenters. The van der Waals surface area contributed by atoms with Crippen LogP contribution in [-0.4, -0.2) is 30.4 Å². The van der Waals surface area contributed by atoms with Crippen LogP contribution < -0.4 is 20.1 Å². The Morgan fingerprint density at radius 2 is 2.20 bits per heavy atom. The molecule has 1 heterocycles. The highest BCUT2D eigenvalue weighted by molar-refractivity contribution is 9.10. The summed E-state index contributed by atoms with van der Waals surface area (Å²) in [5, 5.41) is 6.73. The van der Waals surface area contributed by atoms with Gasteiger partial charge in [0.25, 0.3) is 0 Å². The van der Waals surface area contributed by atoms with E-state index >= 15 is 0 Å². The van der Waals surface area contributed by atoms with Crippen LogP contribution in [0.15, 0.2) is 53.7 Å². The summed E-state index contributed by atoms with van der Waals surface area (Å²) in [5.41, 5.74) is 1.04. The number of thiocarbonyl (C=S) groups is 1. The van der Waals surface area contributed by atoms with E-state index in [2.05, 4.69) is 38.1 Å². The molecule has 0 fully saturated rings. The lowest BCUT2D eigenvalue weighted by Crippen LogP contribution is -2.30. The van der Waals surface area contributed by atoms with Gasteiger partial charge in [-0.05, 0) is 70.5 Å². The van der Waals surface area contributed by atoms with Crippen LogP contribution in [0.4, 0.5) is 5.82 Å². The van der Waals surface area contributed by atoms with E-state index < -0.39 is 0 Å². The molecule has 0 saturated carbocycles. The zero-order valence-electron chi connectivity index (χ0n) is 13.9. The smallest absolute Gasteiger partial charge is 0.171 e. The largest absolute Gasteiger partial charge is 0.497 e. The number of rotatable bonds is 8. The number of ether oxygens (including phenoxy) is 2. The van der Waals surface area contributed by atoms with Crippen LogP contribution in [0.1, 0.15) is 5.56 Å². The normalized spacial score (nSPS) is 10.0. The summed E-state index contributed by atoms with van der Waals surface area (Å²) in [5.74, 6) is 2.30. The van der Waals surface area contributed by atoms with Crippen LogP contribution >= 0.6 is 28.1 Å². The highest BCUT2D eigenvalue weighted by Gasteiger charge is 2.06. The summed E-state index contributed by atoms with van der Waals surface area (Å²) in [6.45, 7) is 4.79. The number of pyridine rings is 1. The molecule has 0 aliphatic carbocycles. The molecule has 25 heavy (non-hydrogen) atoms. The van der Waals surface area contributed by atoms with E-state index in [0.717, 1.165) is 28.0 Å². The van der Waals surface area contributed by atoms with Crippen molar-refractivity contribution < 1.29 is 9.47 Å². The zero-order chi connectivity index (χ0) is 18.1. The number of benzene rings is 1. The first-order valence-corrected chi connectivity index (χ1v) is 8.89. The Balaban J connectivity index is 1.90. The fourth-order valence-electron chi connectivity index (χ4n) is 2.09. The highest BCUT2D eigenvalue weighted by Crippen LogP contribution is 2.24. The van der Waals surface area contributed by atoms with Gasteiger partial charge in [0.1, 0.15) is 23.9 Å². The maximum absolute atomic E-state index is 5.69. The molecule has 0 saturated heterocycles. The molecule has 1 aromatic carbocycles. The lowest BCUT2D eigenvalue weighted by molar-refractivity contribution is 0.356. The van der Waals surface area contributed by atoms with Gasteiger partial charge < -0.3 is 20.1 Å². The lowest BCUT2D eigenvalue weighted by Gasteiger charge is -2.13. The van der Waals surface area contributed by atoms with Crippen molar-refractivity contribution in [2.45, 2.75) is 6.42 Å². The molecule has 0 spiro atoms. The van der Waals surface area contributed by atoms with E-state index in [-0.39, 0.29) is 0 Å². The van der Waals surface area contributed by atoms with Crippen molar-refractivity contribution >= 4 is 39.1 Å². The maximum atomic E-state index is 5.69. The summed E-state index contributed by atoms with van der Waals surface area (Å²) >= 11 is 8.64. The van der Waals surface area contributed by atoms with Crippen LogP contribution in [0, 0.1) is 0 Å². The Bertz CT molecular complexity index is 723. The number of anilines is 1. The second kappa shape index (κ2) is 10.0. The number of halogens is 1. The molecule has 2 aromatic rings. The third kappa shape index (κ3) is 6.36. The van der Waals surface area contributed by atoms with Crippen LogP contribution in [0.25, 0.3) is 0 Å². The molecule has 0 bridgehead atoms. The van der Waals surface area contributed by atoms with Gasteiger partial charge >= 0.3 is 0 Å². The highest BCUT2D eigenvalue weighted by atomic mass is 79.9. The minimum absolute atomic E-state index is 0.460. The molecule has 7 heteroatoms. The van der Waals surface area contributed by atoms with Crippen molar-refractivity contribution in [3.05, 3.63) is 59.2 Å². The average Bonchev–Trinajstić information content (AvgIpc) is 2.62. The maximum Gasteiger partial charge on any atom is 0.171 e. The number of hydrogen-bond acceptors (Lipinski definition) is 4. The zero-order valence-corrected chi connectivity index (χ0v) is 16.3. The van der Waals surface area contributed by atoms with Crippen molar-refractivity contribution in [3.8, 4) is 11.5 Å². The molecule has 1 aromatic heterocycles. The minimum Gasteiger partial charge on any atom is -0.497 e. The number of aromatic nitrogens is 1. The van der Waals surface area contributed by atoms with Crippen molar-refractivity contribution in [2.24, 2.45) is 0 Å². The summed E-state index contributed by atoms with van der Waals surface area (Å²) in [6, 6.07) is 9.49. The first-order valence-electron chi connectivity index (χ1n) is 7.69. The van der Waals surface area contributed by atoms with Crippen molar-refractivity contribution in [3.63, 3.8) is 0 Å². The minimum atomic E-state index is 0.460. The Hall–Kier alpha value is -2.12. The topological polar surface area (TPSA) is 55.4 Å². The lowest BCUT2D eigenvalue weighted by atomic mass is 10.1. The molecule has 0 aliphatic heterocycles. The van der Waals surface area contributed by atoms with E-state index in [4.69, 9.17) is 21.7 Å². The van der Waals surface area contributed by atoms with Crippen LogP contribution in [0.2, 0.25) is 0 Å². The molecule has 0 unspecified atom stereocenters. The Labute approximate surface area is 161 Å². The second-order valence-electron chi connectivity index (χ2n) is 5.07. The molecular weight excluding hydrogens is 402 g/mol. The fraction of sp³-hybridized carbons (Fsp3) is 0.222. The molecule has 132 valence electrons. The van der Waals surface area contributed by atoms with Crippen molar-refractivity contribution in [1.82, 2.24) is 10.3 Å². The molecule has 2 N–H and O–H groups in total. The van der Waals surface area contributed by atoms with Gasteiger partial charge in [0.15, 0.2) is 5.11 Å². The van der Waals surface area contributed by atoms with Crippen LogP contribution in [0.5, 0.6) is 11.5 Å². The first-order chi connectivity index (χ1) is 12.1. The van der Waals surface area contributed by atoms with Gasteiger partial charge in [0.05, 0.1) is 7.11 Å². The van der Waals surface area contributed by atoms with Crippen LogP contribution in [0.3, 0.4) is 0 Å². The summed E-state index contributed by atoms with van der Waals surface area (Å²) in [6.07, 6.45) is 4.17. The number of hydrogen-bond donors (Lipinski definition) is 2. The van der Waals surface area contributed by atoms with E-state index in [1.807, 2.05) is 30.3 Å². The molecule has 0 aliphatic rings. The van der Waals surface area contributed by atoms with Gasteiger partial charge in [-0.1, -0.05) is 12.7 Å². The molecule has 5 nitrogen and oxygen atoms in total. The van der Waals surface area contributed by atoms with Crippen molar-refractivity contribution in [1.29, 1.82) is 0 Å². The monoisotopic (exact) mass is 421 g/mol. The summed E-state index contributed by atoms with van der Waals surface area (Å²) in [4.78, 5) is 4.22. The quantitative estimate of drug-likeness (QED) is 0.497. The molecule has 2 rings (SSSR count). The third-order valence-corrected chi connectivity index (χ3v) is 3.99. The Morgan fingerprint density at radius 1 is 1.36 bits per heavy atom. The predicted molar refractivity (Wildman–Crippen MR) is 109 cm³/mol. The van der Waals surface area contributed by atoms with E-state index in [1.54, 1.807) is 19.4 Å². The summed E-state index contributed by atoms with van der Waals surface area (Å²) in [7, 11) is 1.64. The van der Waals surface area contributed by atoms with Gasteiger partial charge in [0.2, 0.25) is 0 Å². The van der Waals surface area contributed by atoms with E-state index in [9.17, 15) is 0 Å². The first kappa shape index (κ1) is 19.2. The van der Waals surface area contributed by atoms with Gasteiger partial charge in [0, 0.05) is 17.2 Å². The standard InChI is InChI=1S/C18H20BrN3O2S/c1-3-10-24-16-6-5-15(23-2)11-13(16)8-9-20-18(25)22-17-7-4-14(19)12-21-17/h3-7,11-12H,1,8-10H2,2H3,(H2,20,21,22,25). The average molecular weight is 422 g/mol. The Morgan fingerprint density at radius 3 is 2.88 bits per heavy atom. The molecular formula is C18H20BrN3O2S. The Kier molecular flexibility index (Phi) is 7.69. The number of nitrogens with one attached hydrogen (secondary N) is 2. The van der Waals surface area contributed by atoms with Gasteiger partial charge in [-0.3, -0.25) is 0 Å². The fourth-order valence-corrected chi connectivity index (χ4v) is 2.53. The van der Waals surface area contributed by atoms with Crippen LogP contribution in [-0.2, 0) is 6.42 Å². The van der Waals surface area contributed by atoms with Crippen molar-refractivity contribution in [2.75, 3.05) is 25.6 Å². The summed E-state index contributed by atoms with van der Waals surface area (Å²) < 4.78 is 11.9. The number of nitrogens with zero attached hydrogens (tertiary/aromatic N) is 1.